The van der Waals surface area contributed by atoms with Gasteiger partial charge < -0.3 is 4.57 Å². The van der Waals surface area contributed by atoms with E-state index in [-0.39, 0.29) is 5.56 Å². The molecule has 0 radical (unpaired) electrons. The molecule has 0 atom stereocenters. The van der Waals surface area contributed by atoms with Gasteiger partial charge in [0.2, 0.25) is 0 Å². The molecule has 0 fully saturated rings. The van der Waals surface area contributed by atoms with Gasteiger partial charge in [0.15, 0.2) is 0 Å². The fourth-order valence-corrected chi connectivity index (χ4v) is 1.61. The Hall–Kier alpha value is -1.61. The number of pyridine rings is 2. The van der Waals surface area contributed by atoms with Crippen molar-refractivity contribution in [2.24, 2.45) is 0 Å². The van der Waals surface area contributed by atoms with Crippen LogP contribution in [0.5, 0.6) is 0 Å². The summed E-state index contributed by atoms with van der Waals surface area (Å²) in [6.45, 7) is 2.60. The average Bonchev–Trinajstić information content (AvgIpc) is 2.31. The lowest BCUT2D eigenvalue weighted by Crippen LogP contribution is -2.16. The van der Waals surface area contributed by atoms with Crippen molar-refractivity contribution in [2.45, 2.75) is 13.5 Å². The Labute approximate surface area is 98.3 Å². The lowest BCUT2D eigenvalue weighted by molar-refractivity contribution is 0.728. The van der Waals surface area contributed by atoms with Crippen LogP contribution in [0.1, 0.15) is 6.92 Å². The number of nitrogens with zero attached hydrogens (tertiary/aromatic N) is 2. The number of aromatic nitrogens is 2. The highest BCUT2D eigenvalue weighted by atomic mass is 35.5. The van der Waals surface area contributed by atoms with E-state index in [1.807, 2.05) is 19.2 Å². The van der Waals surface area contributed by atoms with Gasteiger partial charge in [-0.3, -0.25) is 4.79 Å². The van der Waals surface area contributed by atoms with Crippen LogP contribution >= 0.6 is 11.6 Å². The first-order chi connectivity index (χ1) is 7.70. The van der Waals surface area contributed by atoms with Gasteiger partial charge in [-0.25, -0.2) is 4.98 Å². The Morgan fingerprint density at radius 3 is 2.62 bits per heavy atom. The summed E-state index contributed by atoms with van der Waals surface area (Å²) in [5.74, 6) is 0. The fourth-order valence-electron chi connectivity index (χ4n) is 1.50. The highest BCUT2D eigenvalue weighted by Gasteiger charge is 2.00. The molecule has 16 heavy (non-hydrogen) atoms. The van der Waals surface area contributed by atoms with Crippen LogP contribution in [0.25, 0.3) is 11.1 Å². The minimum atomic E-state index is 0.00757. The Balaban J connectivity index is 2.48. The first kappa shape index (κ1) is 10.9. The highest BCUT2D eigenvalue weighted by Crippen LogP contribution is 2.18. The van der Waals surface area contributed by atoms with E-state index in [0.717, 1.165) is 11.1 Å². The van der Waals surface area contributed by atoms with Crippen molar-refractivity contribution >= 4 is 11.6 Å². The molecule has 0 saturated heterocycles. The predicted octanol–water partition coefficient (Wildman–Crippen LogP) is 2.58. The normalized spacial score (nSPS) is 10.4. The van der Waals surface area contributed by atoms with Crippen LogP contribution in [-0.2, 0) is 6.54 Å². The number of rotatable bonds is 2. The second-order valence-electron chi connectivity index (χ2n) is 3.41. The van der Waals surface area contributed by atoms with Gasteiger partial charge in [0.05, 0.1) is 0 Å². The lowest BCUT2D eigenvalue weighted by Gasteiger charge is -2.05. The van der Waals surface area contributed by atoms with Gasteiger partial charge in [-0.1, -0.05) is 11.6 Å². The van der Waals surface area contributed by atoms with Crippen molar-refractivity contribution < 1.29 is 0 Å². The van der Waals surface area contributed by atoms with Crippen molar-refractivity contribution in [3.63, 3.8) is 0 Å². The van der Waals surface area contributed by atoms with Crippen molar-refractivity contribution in [1.29, 1.82) is 0 Å². The third-order valence-corrected chi connectivity index (χ3v) is 2.61. The van der Waals surface area contributed by atoms with E-state index < -0.39 is 0 Å². The molecule has 3 nitrogen and oxygen atoms in total. The monoisotopic (exact) mass is 234 g/mol. The number of halogens is 1. The molecule has 0 N–H and O–H groups in total. The molecule has 0 aromatic carbocycles. The van der Waals surface area contributed by atoms with Gasteiger partial charge in [-0.2, -0.15) is 0 Å². The fraction of sp³-hybridized carbons (Fsp3) is 0.167. The Bertz CT molecular complexity index is 546. The Morgan fingerprint density at radius 1 is 1.25 bits per heavy atom. The van der Waals surface area contributed by atoms with Gasteiger partial charge in [0.1, 0.15) is 5.15 Å². The van der Waals surface area contributed by atoms with Crippen LogP contribution in [0, 0.1) is 0 Å². The van der Waals surface area contributed by atoms with Crippen molar-refractivity contribution in [3.05, 3.63) is 52.2 Å². The molecule has 2 aromatic rings. The van der Waals surface area contributed by atoms with E-state index in [1.54, 1.807) is 29.0 Å². The van der Waals surface area contributed by atoms with Crippen molar-refractivity contribution in [1.82, 2.24) is 9.55 Å². The maximum absolute atomic E-state index is 11.4. The van der Waals surface area contributed by atoms with E-state index in [0.29, 0.717) is 11.7 Å². The maximum Gasteiger partial charge on any atom is 0.250 e. The molecule has 0 bridgehead atoms. The molecular formula is C12H11ClN2O. The molecule has 4 heteroatoms. The van der Waals surface area contributed by atoms with E-state index in [2.05, 4.69) is 4.98 Å². The quantitative estimate of drug-likeness (QED) is 0.749. The minimum Gasteiger partial charge on any atom is -0.315 e. The van der Waals surface area contributed by atoms with Gasteiger partial charge in [0, 0.05) is 30.6 Å². The van der Waals surface area contributed by atoms with Crippen LogP contribution in [0.3, 0.4) is 0 Å². The first-order valence-electron chi connectivity index (χ1n) is 5.03. The van der Waals surface area contributed by atoms with E-state index in [1.165, 1.54) is 0 Å². The Morgan fingerprint density at radius 2 is 2.00 bits per heavy atom. The zero-order chi connectivity index (χ0) is 11.5. The van der Waals surface area contributed by atoms with Gasteiger partial charge in [0.25, 0.3) is 5.56 Å². The summed E-state index contributed by atoms with van der Waals surface area (Å²) in [6.07, 6.45) is 3.52. The molecule has 2 heterocycles. The lowest BCUT2D eigenvalue weighted by atomic mass is 10.1. The van der Waals surface area contributed by atoms with Crippen LogP contribution < -0.4 is 5.56 Å². The first-order valence-corrected chi connectivity index (χ1v) is 5.41. The van der Waals surface area contributed by atoms with Crippen LogP contribution in [0.4, 0.5) is 0 Å². The van der Waals surface area contributed by atoms with Gasteiger partial charge >= 0.3 is 0 Å². The smallest absolute Gasteiger partial charge is 0.250 e. The zero-order valence-corrected chi connectivity index (χ0v) is 9.61. The summed E-state index contributed by atoms with van der Waals surface area (Å²) in [6, 6.07) is 6.97. The number of aryl methyl sites for hydroxylation is 1. The Kier molecular flexibility index (Phi) is 3.06. The molecule has 2 aromatic heterocycles. The molecule has 0 spiro atoms. The molecular weight excluding hydrogens is 224 g/mol. The number of hydrogen-bond acceptors (Lipinski definition) is 2. The average molecular weight is 235 g/mol. The van der Waals surface area contributed by atoms with Crippen molar-refractivity contribution in [2.75, 3.05) is 0 Å². The highest BCUT2D eigenvalue weighted by molar-refractivity contribution is 6.29. The van der Waals surface area contributed by atoms with E-state index in [9.17, 15) is 4.79 Å². The maximum atomic E-state index is 11.4. The summed E-state index contributed by atoms with van der Waals surface area (Å²) in [5.41, 5.74) is 1.92. The largest absolute Gasteiger partial charge is 0.315 e. The summed E-state index contributed by atoms with van der Waals surface area (Å²) in [7, 11) is 0. The summed E-state index contributed by atoms with van der Waals surface area (Å²) in [5, 5.41) is 0.465. The van der Waals surface area contributed by atoms with E-state index >= 15 is 0 Å². The molecule has 0 amide bonds. The number of hydrogen-bond donors (Lipinski definition) is 0. The minimum absolute atomic E-state index is 0.00757. The second-order valence-corrected chi connectivity index (χ2v) is 3.80. The third-order valence-electron chi connectivity index (χ3n) is 2.38. The van der Waals surface area contributed by atoms with Gasteiger partial charge in [-0.05, 0) is 30.7 Å². The van der Waals surface area contributed by atoms with Crippen LogP contribution in [0.2, 0.25) is 5.15 Å². The molecule has 0 saturated carbocycles. The zero-order valence-electron chi connectivity index (χ0n) is 8.85. The summed E-state index contributed by atoms with van der Waals surface area (Å²) < 4.78 is 1.66. The summed E-state index contributed by atoms with van der Waals surface area (Å²) >= 11 is 5.72. The van der Waals surface area contributed by atoms with Gasteiger partial charge in [-0.15, -0.1) is 0 Å². The molecule has 0 aliphatic carbocycles. The van der Waals surface area contributed by atoms with Crippen molar-refractivity contribution in [3.8, 4) is 11.1 Å². The predicted molar refractivity (Wildman–Crippen MR) is 64.6 cm³/mol. The molecule has 2 rings (SSSR count). The molecule has 82 valence electrons. The molecule has 0 aliphatic heterocycles. The SMILES string of the molecule is CCn1cc(-c2ccc(Cl)nc2)ccc1=O. The molecule has 0 unspecified atom stereocenters. The third kappa shape index (κ3) is 2.14. The van der Waals surface area contributed by atoms with E-state index in [4.69, 9.17) is 11.6 Å². The standard InChI is InChI=1S/C12H11ClN2O/c1-2-15-8-10(4-6-12(15)16)9-3-5-11(13)14-7-9/h3-8H,2H2,1H3. The summed E-state index contributed by atoms with van der Waals surface area (Å²) in [4.78, 5) is 15.4. The topological polar surface area (TPSA) is 34.9 Å². The van der Waals surface area contributed by atoms with Crippen LogP contribution in [-0.4, -0.2) is 9.55 Å². The van der Waals surface area contributed by atoms with Crippen LogP contribution in [0.15, 0.2) is 41.5 Å². The molecule has 0 aliphatic rings. The second kappa shape index (κ2) is 4.49.